The smallest absolute Gasteiger partial charge is 0.161 e. The maximum atomic E-state index is 5.34. The molecule has 0 amide bonds. The largest absolute Gasteiger partial charge is 0.493 e. The van der Waals surface area contributed by atoms with Crippen molar-refractivity contribution < 1.29 is 9.47 Å². The summed E-state index contributed by atoms with van der Waals surface area (Å²) in [5, 5.41) is 3.25. The number of ether oxygens (including phenoxy) is 2. The zero-order valence-corrected chi connectivity index (χ0v) is 12.5. The lowest BCUT2D eigenvalue weighted by Crippen LogP contribution is -2.10. The van der Waals surface area contributed by atoms with Crippen molar-refractivity contribution >= 4 is 11.3 Å². The lowest BCUT2D eigenvalue weighted by Gasteiger charge is -2.09. The molecule has 0 spiro atoms. The average molecular weight is 277 g/mol. The fourth-order valence-electron chi connectivity index (χ4n) is 1.87. The fraction of sp³-hybridized carbons (Fsp3) is 0.333. The van der Waals surface area contributed by atoms with Gasteiger partial charge in [-0.25, -0.2) is 0 Å². The van der Waals surface area contributed by atoms with Crippen molar-refractivity contribution in [1.29, 1.82) is 0 Å². The summed E-state index contributed by atoms with van der Waals surface area (Å²) in [7, 11) is 5.28. The van der Waals surface area contributed by atoms with Gasteiger partial charge >= 0.3 is 0 Å². The Labute approximate surface area is 118 Å². The number of hydrogen-bond acceptors (Lipinski definition) is 4. The molecule has 1 unspecified atom stereocenters. The zero-order chi connectivity index (χ0) is 13.8. The van der Waals surface area contributed by atoms with Gasteiger partial charge in [0.1, 0.15) is 0 Å². The van der Waals surface area contributed by atoms with Gasteiger partial charge in [0.25, 0.3) is 0 Å². The van der Waals surface area contributed by atoms with E-state index in [2.05, 4.69) is 30.4 Å². The van der Waals surface area contributed by atoms with Crippen molar-refractivity contribution in [2.24, 2.45) is 0 Å². The molecule has 0 saturated carbocycles. The maximum absolute atomic E-state index is 5.34. The van der Waals surface area contributed by atoms with Crippen LogP contribution in [-0.2, 0) is 0 Å². The molecule has 4 heteroatoms. The highest BCUT2D eigenvalue weighted by atomic mass is 32.1. The van der Waals surface area contributed by atoms with Crippen molar-refractivity contribution in [1.82, 2.24) is 5.32 Å². The lowest BCUT2D eigenvalue weighted by molar-refractivity contribution is 0.355. The average Bonchev–Trinajstić information content (AvgIpc) is 2.95. The standard InChI is InChI=1S/C15H19NO2S/c1-10(16-2)14-7-8-15(19-14)11-5-6-12(17-3)13(9-11)18-4/h5-10,16H,1-4H3. The normalized spacial score (nSPS) is 12.2. The molecule has 2 rings (SSSR count). The van der Waals surface area contributed by atoms with Crippen molar-refractivity contribution in [2.75, 3.05) is 21.3 Å². The topological polar surface area (TPSA) is 30.5 Å². The minimum atomic E-state index is 0.374. The summed E-state index contributed by atoms with van der Waals surface area (Å²) in [6.45, 7) is 2.16. The van der Waals surface area contributed by atoms with Gasteiger partial charge in [0.05, 0.1) is 14.2 Å². The summed E-state index contributed by atoms with van der Waals surface area (Å²) >= 11 is 1.79. The summed E-state index contributed by atoms with van der Waals surface area (Å²) in [6.07, 6.45) is 0. The third kappa shape index (κ3) is 2.91. The predicted octanol–water partition coefficient (Wildman–Crippen LogP) is 3.71. The molecule has 1 aromatic heterocycles. The van der Waals surface area contributed by atoms with Crippen molar-refractivity contribution in [3.8, 4) is 21.9 Å². The number of thiophene rings is 1. The van der Waals surface area contributed by atoms with Gasteiger partial charge in [-0.2, -0.15) is 0 Å². The SMILES string of the molecule is CNC(C)c1ccc(-c2ccc(OC)c(OC)c2)s1. The van der Waals surface area contributed by atoms with E-state index in [9.17, 15) is 0 Å². The van der Waals surface area contributed by atoms with E-state index in [1.165, 1.54) is 9.75 Å². The van der Waals surface area contributed by atoms with Gasteiger partial charge in [0.2, 0.25) is 0 Å². The highest BCUT2D eigenvalue weighted by Crippen LogP contribution is 2.36. The molecule has 102 valence electrons. The van der Waals surface area contributed by atoms with Gasteiger partial charge in [-0.05, 0) is 49.9 Å². The molecular weight excluding hydrogens is 258 g/mol. The van der Waals surface area contributed by atoms with Crippen LogP contribution >= 0.6 is 11.3 Å². The van der Waals surface area contributed by atoms with Crippen LogP contribution in [0.1, 0.15) is 17.8 Å². The van der Waals surface area contributed by atoms with Crippen LogP contribution in [0.15, 0.2) is 30.3 Å². The molecule has 0 radical (unpaired) electrons. The quantitative estimate of drug-likeness (QED) is 0.903. The molecule has 19 heavy (non-hydrogen) atoms. The van der Waals surface area contributed by atoms with Gasteiger partial charge in [-0.3, -0.25) is 0 Å². The number of benzene rings is 1. The molecule has 2 aromatic rings. The van der Waals surface area contributed by atoms with Crippen molar-refractivity contribution in [2.45, 2.75) is 13.0 Å². The summed E-state index contributed by atoms with van der Waals surface area (Å²) in [5.41, 5.74) is 1.15. The van der Waals surface area contributed by atoms with Crippen LogP contribution in [0.5, 0.6) is 11.5 Å². The first kappa shape index (κ1) is 13.9. The summed E-state index contributed by atoms with van der Waals surface area (Å²) in [6, 6.07) is 10.7. The van der Waals surface area contributed by atoms with Gasteiger partial charge in [0.15, 0.2) is 11.5 Å². The predicted molar refractivity (Wildman–Crippen MR) is 80.3 cm³/mol. The van der Waals surface area contributed by atoms with Crippen LogP contribution in [0, 0.1) is 0 Å². The van der Waals surface area contributed by atoms with Gasteiger partial charge in [0, 0.05) is 15.8 Å². The number of methoxy groups -OCH3 is 2. The highest BCUT2D eigenvalue weighted by molar-refractivity contribution is 7.15. The second kappa shape index (κ2) is 6.08. The Morgan fingerprint density at radius 3 is 2.42 bits per heavy atom. The van der Waals surface area contributed by atoms with Crippen LogP contribution in [0.4, 0.5) is 0 Å². The van der Waals surface area contributed by atoms with Crippen molar-refractivity contribution in [3.05, 3.63) is 35.2 Å². The van der Waals surface area contributed by atoms with E-state index in [0.717, 1.165) is 17.1 Å². The molecule has 0 aliphatic rings. The van der Waals surface area contributed by atoms with E-state index in [1.807, 2.05) is 19.2 Å². The Bertz CT molecular complexity index is 551. The molecule has 0 aliphatic carbocycles. The van der Waals surface area contributed by atoms with E-state index >= 15 is 0 Å². The summed E-state index contributed by atoms with van der Waals surface area (Å²) < 4.78 is 10.6. The molecule has 1 N–H and O–H groups in total. The molecule has 0 saturated heterocycles. The second-order valence-electron chi connectivity index (χ2n) is 4.28. The van der Waals surface area contributed by atoms with Crippen LogP contribution in [0.2, 0.25) is 0 Å². The molecule has 0 fully saturated rings. The Morgan fingerprint density at radius 1 is 1.05 bits per heavy atom. The van der Waals surface area contributed by atoms with Crippen LogP contribution < -0.4 is 14.8 Å². The van der Waals surface area contributed by atoms with Crippen LogP contribution in [-0.4, -0.2) is 21.3 Å². The molecule has 1 aromatic carbocycles. The van der Waals surface area contributed by atoms with Crippen LogP contribution in [0.25, 0.3) is 10.4 Å². The molecule has 0 aliphatic heterocycles. The molecule has 1 heterocycles. The van der Waals surface area contributed by atoms with Gasteiger partial charge in [-0.15, -0.1) is 11.3 Å². The number of rotatable bonds is 5. The lowest BCUT2D eigenvalue weighted by atomic mass is 10.1. The molecule has 3 nitrogen and oxygen atoms in total. The zero-order valence-electron chi connectivity index (χ0n) is 11.7. The van der Waals surface area contributed by atoms with Crippen LogP contribution in [0.3, 0.4) is 0 Å². The third-order valence-electron chi connectivity index (χ3n) is 3.15. The first-order valence-electron chi connectivity index (χ1n) is 6.19. The summed E-state index contributed by atoms with van der Waals surface area (Å²) in [4.78, 5) is 2.56. The third-order valence-corrected chi connectivity index (χ3v) is 4.47. The Balaban J connectivity index is 2.34. The highest BCUT2D eigenvalue weighted by Gasteiger charge is 2.10. The Kier molecular flexibility index (Phi) is 4.45. The minimum Gasteiger partial charge on any atom is -0.493 e. The van der Waals surface area contributed by atoms with Gasteiger partial charge < -0.3 is 14.8 Å². The Hall–Kier alpha value is -1.52. The monoisotopic (exact) mass is 277 g/mol. The number of nitrogens with one attached hydrogen (secondary N) is 1. The van der Waals surface area contributed by atoms with Crippen molar-refractivity contribution in [3.63, 3.8) is 0 Å². The van der Waals surface area contributed by atoms with E-state index < -0.39 is 0 Å². The molecule has 1 atom stereocenters. The minimum absolute atomic E-state index is 0.374. The fourth-order valence-corrected chi connectivity index (χ4v) is 2.94. The van der Waals surface area contributed by atoms with E-state index in [4.69, 9.17) is 9.47 Å². The van der Waals surface area contributed by atoms with E-state index in [0.29, 0.717) is 6.04 Å². The summed E-state index contributed by atoms with van der Waals surface area (Å²) in [5.74, 6) is 1.52. The maximum Gasteiger partial charge on any atom is 0.161 e. The Morgan fingerprint density at radius 2 is 1.79 bits per heavy atom. The van der Waals surface area contributed by atoms with E-state index in [-0.39, 0.29) is 0 Å². The first-order chi connectivity index (χ1) is 9.19. The van der Waals surface area contributed by atoms with Gasteiger partial charge in [-0.1, -0.05) is 0 Å². The van der Waals surface area contributed by atoms with E-state index in [1.54, 1.807) is 25.6 Å². The molecule has 0 bridgehead atoms. The molecular formula is C15H19NO2S. The first-order valence-corrected chi connectivity index (χ1v) is 7.00. The second-order valence-corrected chi connectivity index (χ2v) is 5.40. The number of hydrogen-bond donors (Lipinski definition) is 1.